The van der Waals surface area contributed by atoms with Crippen molar-refractivity contribution in [3.8, 4) is 0 Å². The largest absolute Gasteiger partial charge is 0.368 e. The number of rotatable bonds is 8. The maximum absolute atomic E-state index is 13.2. The van der Waals surface area contributed by atoms with Gasteiger partial charge in [0.05, 0.1) is 6.42 Å². The van der Waals surface area contributed by atoms with Crippen LogP contribution in [-0.2, 0) is 14.4 Å². The molecule has 3 rings (SSSR count). The van der Waals surface area contributed by atoms with Crippen molar-refractivity contribution in [2.75, 3.05) is 44.2 Å². The van der Waals surface area contributed by atoms with E-state index >= 15 is 0 Å². The molecule has 0 unspecified atom stereocenters. The molecule has 2 heterocycles. The molecule has 1 aromatic rings. The summed E-state index contributed by atoms with van der Waals surface area (Å²) in [5.41, 5.74) is 1.16. The van der Waals surface area contributed by atoms with Gasteiger partial charge in [0, 0.05) is 50.9 Å². The minimum atomic E-state index is -0.698. The van der Waals surface area contributed by atoms with Crippen LogP contribution in [0.5, 0.6) is 0 Å². The van der Waals surface area contributed by atoms with Crippen molar-refractivity contribution in [2.45, 2.75) is 52.0 Å². The summed E-state index contributed by atoms with van der Waals surface area (Å²) < 4.78 is 0. The van der Waals surface area contributed by atoms with Gasteiger partial charge in [-0.25, -0.2) is 0 Å². The van der Waals surface area contributed by atoms with Crippen LogP contribution in [0.3, 0.4) is 0 Å². The van der Waals surface area contributed by atoms with E-state index in [1.165, 1.54) is 0 Å². The standard InChI is InChI=1S/C24H36N4O3/c1-3-5-9-19(4-2)24(31)28-13-12-25-23(30)21(28)18-22(29)27-16-14-26(15-17-27)20-10-7-6-8-11-20/h6-8,10-11,19,21H,3-5,9,12-18H2,1-2H3,(H,25,30)/t19-,21+/m1/s1. The lowest BCUT2D eigenvalue weighted by molar-refractivity contribution is -0.149. The Labute approximate surface area is 185 Å². The maximum atomic E-state index is 13.2. The van der Waals surface area contributed by atoms with E-state index in [9.17, 15) is 14.4 Å². The van der Waals surface area contributed by atoms with Crippen LogP contribution in [0.1, 0.15) is 46.0 Å². The maximum Gasteiger partial charge on any atom is 0.243 e. The van der Waals surface area contributed by atoms with Gasteiger partial charge in [-0.2, -0.15) is 0 Å². The number of nitrogens with zero attached hydrogens (tertiary/aromatic N) is 3. The van der Waals surface area contributed by atoms with E-state index in [-0.39, 0.29) is 30.1 Å². The molecule has 1 N–H and O–H groups in total. The molecule has 0 saturated carbocycles. The van der Waals surface area contributed by atoms with E-state index in [4.69, 9.17) is 0 Å². The summed E-state index contributed by atoms with van der Waals surface area (Å²) in [5, 5.41) is 2.84. The molecule has 2 saturated heterocycles. The predicted molar refractivity (Wildman–Crippen MR) is 122 cm³/mol. The zero-order valence-corrected chi connectivity index (χ0v) is 18.9. The highest BCUT2D eigenvalue weighted by Crippen LogP contribution is 2.21. The van der Waals surface area contributed by atoms with Crippen LogP contribution in [0.2, 0.25) is 0 Å². The number of anilines is 1. The predicted octanol–water partition coefficient (Wildman–Crippen LogP) is 2.27. The van der Waals surface area contributed by atoms with Crippen LogP contribution in [0.15, 0.2) is 30.3 Å². The zero-order valence-electron chi connectivity index (χ0n) is 18.9. The fourth-order valence-corrected chi connectivity index (χ4v) is 4.52. The number of benzene rings is 1. The number of amides is 3. The third-order valence-corrected chi connectivity index (χ3v) is 6.48. The molecule has 2 aliphatic rings. The van der Waals surface area contributed by atoms with Crippen LogP contribution in [0.25, 0.3) is 0 Å². The second-order valence-corrected chi connectivity index (χ2v) is 8.49. The number of para-hydroxylation sites is 1. The van der Waals surface area contributed by atoms with Crippen LogP contribution in [-0.4, -0.2) is 72.8 Å². The molecule has 0 aliphatic carbocycles. The van der Waals surface area contributed by atoms with Crippen molar-refractivity contribution in [1.82, 2.24) is 15.1 Å². The Hall–Kier alpha value is -2.57. The summed E-state index contributed by atoms with van der Waals surface area (Å²) >= 11 is 0. The zero-order chi connectivity index (χ0) is 22.2. The van der Waals surface area contributed by atoms with E-state index in [1.54, 1.807) is 4.90 Å². The highest BCUT2D eigenvalue weighted by Gasteiger charge is 2.38. The normalized spacial score (nSPS) is 20.4. The first-order valence-corrected chi connectivity index (χ1v) is 11.7. The van der Waals surface area contributed by atoms with Crippen molar-refractivity contribution in [3.05, 3.63) is 30.3 Å². The third kappa shape index (κ3) is 5.77. The Kier molecular flexibility index (Phi) is 8.32. The minimum Gasteiger partial charge on any atom is -0.368 e. The summed E-state index contributed by atoms with van der Waals surface area (Å²) in [6.07, 6.45) is 3.71. The highest BCUT2D eigenvalue weighted by molar-refractivity contribution is 5.93. The average molecular weight is 429 g/mol. The van der Waals surface area contributed by atoms with Crippen molar-refractivity contribution >= 4 is 23.4 Å². The number of carbonyl (C=O) groups is 3. The number of carbonyl (C=O) groups excluding carboxylic acids is 3. The molecular weight excluding hydrogens is 392 g/mol. The molecule has 0 aromatic heterocycles. The number of piperazine rings is 2. The Balaban J connectivity index is 1.60. The first kappa shape index (κ1) is 23.1. The van der Waals surface area contributed by atoms with Gasteiger partial charge in [-0.1, -0.05) is 44.9 Å². The molecule has 7 nitrogen and oxygen atoms in total. The van der Waals surface area contributed by atoms with Crippen LogP contribution in [0.4, 0.5) is 5.69 Å². The smallest absolute Gasteiger partial charge is 0.243 e. The first-order chi connectivity index (χ1) is 15.0. The molecule has 2 atom stereocenters. The molecule has 170 valence electrons. The fraction of sp³-hybridized carbons (Fsp3) is 0.625. The molecule has 0 radical (unpaired) electrons. The van der Waals surface area contributed by atoms with Gasteiger partial charge >= 0.3 is 0 Å². The van der Waals surface area contributed by atoms with Crippen molar-refractivity contribution in [3.63, 3.8) is 0 Å². The molecule has 7 heteroatoms. The van der Waals surface area contributed by atoms with Crippen LogP contribution < -0.4 is 10.2 Å². The van der Waals surface area contributed by atoms with Crippen LogP contribution >= 0.6 is 0 Å². The number of nitrogens with one attached hydrogen (secondary N) is 1. The molecular formula is C24H36N4O3. The van der Waals surface area contributed by atoms with Crippen molar-refractivity contribution in [1.29, 1.82) is 0 Å². The van der Waals surface area contributed by atoms with Gasteiger partial charge in [0.1, 0.15) is 6.04 Å². The highest BCUT2D eigenvalue weighted by atomic mass is 16.2. The third-order valence-electron chi connectivity index (χ3n) is 6.48. The molecule has 0 bridgehead atoms. The first-order valence-electron chi connectivity index (χ1n) is 11.7. The topological polar surface area (TPSA) is 73.0 Å². The molecule has 2 fully saturated rings. The molecule has 1 aromatic carbocycles. The van der Waals surface area contributed by atoms with Crippen molar-refractivity contribution in [2.24, 2.45) is 5.92 Å². The lowest BCUT2D eigenvalue weighted by atomic mass is 9.95. The molecule has 3 amide bonds. The number of hydrogen-bond acceptors (Lipinski definition) is 4. The van der Waals surface area contributed by atoms with Gasteiger partial charge in [0.2, 0.25) is 17.7 Å². The van der Waals surface area contributed by atoms with E-state index < -0.39 is 6.04 Å². The van der Waals surface area contributed by atoms with E-state index in [1.807, 2.05) is 30.0 Å². The average Bonchev–Trinajstić information content (AvgIpc) is 2.81. The van der Waals surface area contributed by atoms with Crippen molar-refractivity contribution < 1.29 is 14.4 Å². The molecule has 31 heavy (non-hydrogen) atoms. The fourth-order valence-electron chi connectivity index (χ4n) is 4.52. The monoisotopic (exact) mass is 428 g/mol. The second kappa shape index (κ2) is 11.2. The Morgan fingerprint density at radius 1 is 1.06 bits per heavy atom. The van der Waals surface area contributed by atoms with E-state index in [0.29, 0.717) is 26.2 Å². The SMILES string of the molecule is CCCC[C@@H](CC)C(=O)N1CCNC(=O)[C@@H]1CC(=O)N1CCN(c2ccccc2)CC1. The number of hydrogen-bond donors (Lipinski definition) is 1. The van der Waals surface area contributed by atoms with Gasteiger partial charge in [0.15, 0.2) is 0 Å². The van der Waals surface area contributed by atoms with Gasteiger partial charge in [-0.3, -0.25) is 14.4 Å². The Bertz CT molecular complexity index is 746. The second-order valence-electron chi connectivity index (χ2n) is 8.49. The van der Waals surface area contributed by atoms with Crippen LogP contribution in [0, 0.1) is 5.92 Å². The quantitative estimate of drug-likeness (QED) is 0.689. The van der Waals surface area contributed by atoms with E-state index in [2.05, 4.69) is 29.3 Å². The minimum absolute atomic E-state index is 0.0255. The van der Waals surface area contributed by atoms with Gasteiger partial charge in [-0.15, -0.1) is 0 Å². The van der Waals surface area contributed by atoms with Gasteiger partial charge in [0.25, 0.3) is 0 Å². The van der Waals surface area contributed by atoms with Gasteiger partial charge < -0.3 is 20.0 Å². The summed E-state index contributed by atoms with van der Waals surface area (Å²) in [6, 6.07) is 9.49. The summed E-state index contributed by atoms with van der Waals surface area (Å²) in [6.45, 7) is 7.86. The Morgan fingerprint density at radius 2 is 1.77 bits per heavy atom. The summed E-state index contributed by atoms with van der Waals surface area (Å²) in [7, 11) is 0. The molecule has 2 aliphatic heterocycles. The molecule has 0 spiro atoms. The van der Waals surface area contributed by atoms with Gasteiger partial charge in [-0.05, 0) is 25.0 Å². The summed E-state index contributed by atoms with van der Waals surface area (Å²) in [4.78, 5) is 44.6. The lowest BCUT2D eigenvalue weighted by Gasteiger charge is -2.39. The van der Waals surface area contributed by atoms with E-state index in [0.717, 1.165) is 44.5 Å². The number of unbranched alkanes of at least 4 members (excludes halogenated alkanes) is 1. The Morgan fingerprint density at radius 3 is 2.42 bits per heavy atom. The summed E-state index contributed by atoms with van der Waals surface area (Å²) in [5.74, 6) is -0.300. The lowest BCUT2D eigenvalue weighted by Crippen LogP contribution is -2.60.